The Kier molecular flexibility index (Phi) is 4.28. The van der Waals surface area contributed by atoms with Crippen LogP contribution in [0.3, 0.4) is 0 Å². The number of nitrogens with zero attached hydrogens (tertiary/aromatic N) is 1. The Morgan fingerprint density at radius 1 is 0.905 bits per heavy atom. The van der Waals surface area contributed by atoms with Gasteiger partial charge in [0.1, 0.15) is 0 Å². The smallest absolute Gasteiger partial charge is 0.0737 e. The third kappa shape index (κ3) is 3.46. The summed E-state index contributed by atoms with van der Waals surface area (Å²) in [5.74, 6) is 0. The van der Waals surface area contributed by atoms with E-state index in [2.05, 4.69) is 22.4 Å². The summed E-state index contributed by atoms with van der Waals surface area (Å²) in [4.78, 5) is 4.34. The fourth-order valence-electron chi connectivity index (χ4n) is 2.27. The molecule has 0 radical (unpaired) electrons. The maximum Gasteiger partial charge on any atom is 0.0737 e. The molecule has 0 unspecified atom stereocenters. The largest absolute Gasteiger partial charge is 0.384 e. The number of rotatable bonds is 4. The lowest BCUT2D eigenvalue weighted by atomic mass is 10.1. The highest BCUT2D eigenvalue weighted by Gasteiger charge is 2.02. The third-order valence-electron chi connectivity index (χ3n) is 3.35. The lowest BCUT2D eigenvalue weighted by Crippen LogP contribution is -2.05. The van der Waals surface area contributed by atoms with Gasteiger partial charge in [0.05, 0.1) is 5.52 Å². The van der Waals surface area contributed by atoms with Crippen molar-refractivity contribution in [2.75, 3.05) is 11.9 Å². The molecule has 0 atom stereocenters. The Balaban J connectivity index is 1.72. The molecular weight excluding hydrogens is 303 g/mol. The molecule has 4 heteroatoms. The van der Waals surface area contributed by atoms with Crippen LogP contribution in [0.15, 0.2) is 54.7 Å². The second-order valence-corrected chi connectivity index (χ2v) is 5.70. The first-order chi connectivity index (χ1) is 10.2. The molecule has 0 aliphatic rings. The molecule has 1 N–H and O–H groups in total. The highest BCUT2D eigenvalue weighted by molar-refractivity contribution is 6.31. The standard InChI is InChI=1S/C17H14Cl2N2/c18-13-3-1-12(2-4-13)7-9-20-16-8-10-21-17-11-14(19)5-6-15(16)17/h1-6,8,10-11H,7,9H2,(H,20,21). The van der Waals surface area contributed by atoms with E-state index < -0.39 is 0 Å². The van der Waals surface area contributed by atoms with Crippen molar-refractivity contribution in [2.45, 2.75) is 6.42 Å². The minimum absolute atomic E-state index is 0.702. The van der Waals surface area contributed by atoms with Crippen molar-refractivity contribution in [3.63, 3.8) is 0 Å². The molecule has 3 aromatic rings. The molecule has 106 valence electrons. The first kappa shape index (κ1) is 14.2. The molecule has 3 rings (SSSR count). The van der Waals surface area contributed by atoms with Crippen molar-refractivity contribution in [3.05, 3.63) is 70.3 Å². The summed E-state index contributed by atoms with van der Waals surface area (Å²) in [6.45, 7) is 0.851. The molecule has 0 saturated carbocycles. The third-order valence-corrected chi connectivity index (χ3v) is 3.83. The van der Waals surface area contributed by atoms with Gasteiger partial charge in [-0.15, -0.1) is 0 Å². The maximum absolute atomic E-state index is 6.00. The molecule has 0 aliphatic carbocycles. The summed E-state index contributed by atoms with van der Waals surface area (Å²) in [6, 6.07) is 15.7. The van der Waals surface area contributed by atoms with E-state index in [-0.39, 0.29) is 0 Å². The Morgan fingerprint density at radius 2 is 1.67 bits per heavy atom. The van der Waals surface area contributed by atoms with Gasteiger partial charge in [0.2, 0.25) is 0 Å². The Labute approximate surface area is 133 Å². The number of anilines is 1. The summed E-state index contributed by atoms with van der Waals surface area (Å²) >= 11 is 11.9. The summed E-state index contributed by atoms with van der Waals surface area (Å²) in [5, 5.41) is 6.01. The van der Waals surface area contributed by atoms with E-state index in [1.807, 2.05) is 36.4 Å². The number of fused-ring (bicyclic) bond motifs is 1. The van der Waals surface area contributed by atoms with Crippen LogP contribution in [0.25, 0.3) is 10.9 Å². The topological polar surface area (TPSA) is 24.9 Å². The van der Waals surface area contributed by atoms with Crippen LogP contribution in [0.4, 0.5) is 5.69 Å². The average molecular weight is 317 g/mol. The molecule has 21 heavy (non-hydrogen) atoms. The van der Waals surface area contributed by atoms with Crippen molar-refractivity contribution < 1.29 is 0 Å². The zero-order valence-corrected chi connectivity index (χ0v) is 12.8. The number of nitrogens with one attached hydrogen (secondary N) is 1. The maximum atomic E-state index is 6.00. The van der Waals surface area contributed by atoms with Gasteiger partial charge < -0.3 is 5.32 Å². The van der Waals surface area contributed by atoms with Gasteiger partial charge in [-0.25, -0.2) is 0 Å². The predicted octanol–water partition coefficient (Wildman–Crippen LogP) is 5.20. The SMILES string of the molecule is Clc1ccc(CCNc2ccnc3cc(Cl)ccc23)cc1. The van der Waals surface area contributed by atoms with Crippen molar-refractivity contribution in [1.29, 1.82) is 0 Å². The van der Waals surface area contributed by atoms with Gasteiger partial charge in [0, 0.05) is 33.9 Å². The van der Waals surface area contributed by atoms with Gasteiger partial charge in [-0.2, -0.15) is 0 Å². The quantitative estimate of drug-likeness (QED) is 0.716. The van der Waals surface area contributed by atoms with Crippen molar-refractivity contribution >= 4 is 39.8 Å². The summed E-state index contributed by atoms with van der Waals surface area (Å²) in [6.07, 6.45) is 2.73. The van der Waals surface area contributed by atoms with E-state index in [1.165, 1.54) is 5.56 Å². The van der Waals surface area contributed by atoms with Crippen LogP contribution >= 0.6 is 23.2 Å². The minimum atomic E-state index is 0.702. The fourth-order valence-corrected chi connectivity index (χ4v) is 2.56. The van der Waals surface area contributed by atoms with Gasteiger partial charge in [0.15, 0.2) is 0 Å². The number of benzene rings is 2. The van der Waals surface area contributed by atoms with E-state index in [1.54, 1.807) is 6.20 Å². The van der Waals surface area contributed by atoms with Crippen LogP contribution in [-0.4, -0.2) is 11.5 Å². The van der Waals surface area contributed by atoms with Crippen LogP contribution in [-0.2, 0) is 6.42 Å². The van der Waals surface area contributed by atoms with Gasteiger partial charge in [0.25, 0.3) is 0 Å². The zero-order valence-electron chi connectivity index (χ0n) is 11.3. The van der Waals surface area contributed by atoms with Gasteiger partial charge in [-0.3, -0.25) is 4.98 Å². The van der Waals surface area contributed by atoms with Crippen LogP contribution in [0.1, 0.15) is 5.56 Å². The highest BCUT2D eigenvalue weighted by atomic mass is 35.5. The molecule has 0 saturated heterocycles. The first-order valence-corrected chi connectivity index (χ1v) is 7.50. The van der Waals surface area contributed by atoms with Crippen LogP contribution in [0.5, 0.6) is 0 Å². The van der Waals surface area contributed by atoms with Crippen LogP contribution in [0, 0.1) is 0 Å². The molecule has 0 bridgehead atoms. The number of hydrogen-bond acceptors (Lipinski definition) is 2. The lowest BCUT2D eigenvalue weighted by Gasteiger charge is -2.09. The van der Waals surface area contributed by atoms with Gasteiger partial charge in [-0.1, -0.05) is 35.3 Å². The number of pyridine rings is 1. The summed E-state index contributed by atoms with van der Waals surface area (Å²) in [5.41, 5.74) is 3.23. The first-order valence-electron chi connectivity index (χ1n) is 6.75. The van der Waals surface area contributed by atoms with Crippen molar-refractivity contribution in [2.24, 2.45) is 0 Å². The predicted molar refractivity (Wildman–Crippen MR) is 90.4 cm³/mol. The Hall–Kier alpha value is -1.77. The van der Waals surface area contributed by atoms with Crippen molar-refractivity contribution in [3.8, 4) is 0 Å². The summed E-state index contributed by atoms with van der Waals surface area (Å²) < 4.78 is 0. The minimum Gasteiger partial charge on any atom is -0.384 e. The van der Waals surface area contributed by atoms with E-state index >= 15 is 0 Å². The Bertz CT molecular complexity index is 754. The second kappa shape index (κ2) is 6.33. The molecule has 0 aliphatic heterocycles. The zero-order chi connectivity index (χ0) is 14.7. The van der Waals surface area contributed by atoms with Crippen LogP contribution in [0.2, 0.25) is 10.0 Å². The lowest BCUT2D eigenvalue weighted by molar-refractivity contribution is 1.02. The number of halogens is 2. The number of aromatic nitrogens is 1. The number of hydrogen-bond donors (Lipinski definition) is 1. The highest BCUT2D eigenvalue weighted by Crippen LogP contribution is 2.24. The molecule has 1 heterocycles. The molecular formula is C17H14Cl2N2. The van der Waals surface area contributed by atoms with E-state index in [0.717, 1.165) is 34.6 Å². The van der Waals surface area contributed by atoms with Crippen molar-refractivity contribution in [1.82, 2.24) is 4.98 Å². The molecule has 2 aromatic carbocycles. The van der Waals surface area contributed by atoms with E-state index in [9.17, 15) is 0 Å². The fraction of sp³-hybridized carbons (Fsp3) is 0.118. The normalized spacial score (nSPS) is 10.8. The van der Waals surface area contributed by atoms with Crippen LogP contribution < -0.4 is 5.32 Å². The second-order valence-electron chi connectivity index (χ2n) is 4.82. The molecule has 0 amide bonds. The molecule has 2 nitrogen and oxygen atoms in total. The molecule has 0 fully saturated rings. The molecule has 0 spiro atoms. The van der Waals surface area contributed by atoms with E-state index in [0.29, 0.717) is 5.02 Å². The summed E-state index contributed by atoms with van der Waals surface area (Å²) in [7, 11) is 0. The monoisotopic (exact) mass is 316 g/mol. The van der Waals surface area contributed by atoms with Gasteiger partial charge >= 0.3 is 0 Å². The van der Waals surface area contributed by atoms with Gasteiger partial charge in [-0.05, 0) is 48.4 Å². The van der Waals surface area contributed by atoms with E-state index in [4.69, 9.17) is 23.2 Å². The average Bonchev–Trinajstić information content (AvgIpc) is 2.49. The Morgan fingerprint density at radius 3 is 2.48 bits per heavy atom. The molecule has 1 aromatic heterocycles.